The van der Waals surface area contributed by atoms with Crippen LogP contribution in [0.4, 0.5) is 10.6 Å². The molecular weight excluding hydrogens is 494 g/mol. The van der Waals surface area contributed by atoms with E-state index in [0.717, 1.165) is 62.1 Å². The van der Waals surface area contributed by atoms with Gasteiger partial charge in [-0.3, -0.25) is 4.79 Å². The molecule has 5 heterocycles. The Balaban J connectivity index is 1.23. The Labute approximate surface area is 228 Å². The number of nitrogens with one attached hydrogen (secondary N) is 1. The molecule has 0 atom stereocenters. The fourth-order valence-corrected chi connectivity index (χ4v) is 6.00. The average molecular weight is 530 g/mol. The molecule has 204 valence electrons. The highest BCUT2D eigenvalue weighted by Gasteiger charge is 2.34. The molecule has 0 spiro atoms. The molecule has 0 saturated carbocycles. The SMILES string of the molecule is COc1cc2c(cc1C(=O)Nc1cccc(-c3nnc4n3C(C)(C)CC4)n1)CN(C(=O)N1CCCCC1)CC2. The van der Waals surface area contributed by atoms with E-state index in [1.54, 1.807) is 13.2 Å². The Bertz CT molecular complexity index is 1420. The number of fused-ring (bicyclic) bond motifs is 2. The Morgan fingerprint density at radius 3 is 2.59 bits per heavy atom. The van der Waals surface area contributed by atoms with Crippen molar-refractivity contribution in [2.45, 2.75) is 64.5 Å². The van der Waals surface area contributed by atoms with Crippen LogP contribution in [0.3, 0.4) is 0 Å². The van der Waals surface area contributed by atoms with E-state index in [0.29, 0.717) is 41.7 Å². The summed E-state index contributed by atoms with van der Waals surface area (Å²) < 4.78 is 7.75. The number of likely N-dealkylation sites (tertiary alicyclic amines) is 1. The maximum Gasteiger partial charge on any atom is 0.320 e. The Kier molecular flexibility index (Phi) is 6.48. The molecule has 10 nitrogen and oxygen atoms in total. The third kappa shape index (κ3) is 4.72. The normalized spacial score (nSPS) is 17.9. The number of aryl methyl sites for hydroxylation is 1. The first-order valence-corrected chi connectivity index (χ1v) is 13.8. The van der Waals surface area contributed by atoms with E-state index in [1.807, 2.05) is 34.1 Å². The zero-order chi connectivity index (χ0) is 27.1. The van der Waals surface area contributed by atoms with Crippen LogP contribution in [-0.2, 0) is 24.9 Å². The fraction of sp³-hybridized carbons (Fsp3) is 0.483. The van der Waals surface area contributed by atoms with Crippen molar-refractivity contribution in [2.24, 2.45) is 0 Å². The molecule has 1 saturated heterocycles. The number of amides is 3. The second kappa shape index (κ2) is 9.98. The first kappa shape index (κ1) is 25.3. The van der Waals surface area contributed by atoms with E-state index in [4.69, 9.17) is 9.72 Å². The van der Waals surface area contributed by atoms with Gasteiger partial charge in [0.15, 0.2) is 5.82 Å². The topological polar surface area (TPSA) is 105 Å². The number of benzene rings is 1. The highest BCUT2D eigenvalue weighted by atomic mass is 16.5. The van der Waals surface area contributed by atoms with E-state index in [1.165, 1.54) is 6.42 Å². The molecule has 0 aliphatic carbocycles. The van der Waals surface area contributed by atoms with Crippen LogP contribution in [0.2, 0.25) is 0 Å². The summed E-state index contributed by atoms with van der Waals surface area (Å²) >= 11 is 0. The summed E-state index contributed by atoms with van der Waals surface area (Å²) in [6.45, 7) is 7.13. The lowest BCUT2D eigenvalue weighted by molar-refractivity contribution is 0.102. The molecule has 3 aliphatic heterocycles. The van der Waals surface area contributed by atoms with Gasteiger partial charge in [0, 0.05) is 38.1 Å². The van der Waals surface area contributed by atoms with Crippen LogP contribution < -0.4 is 10.1 Å². The second-order valence-corrected chi connectivity index (χ2v) is 11.3. The molecule has 6 rings (SSSR count). The van der Waals surface area contributed by atoms with Gasteiger partial charge in [-0.1, -0.05) is 6.07 Å². The van der Waals surface area contributed by atoms with E-state index in [2.05, 4.69) is 33.9 Å². The van der Waals surface area contributed by atoms with Gasteiger partial charge >= 0.3 is 6.03 Å². The van der Waals surface area contributed by atoms with Crippen LogP contribution in [-0.4, -0.2) is 68.2 Å². The number of urea groups is 1. The number of hydrogen-bond acceptors (Lipinski definition) is 6. The van der Waals surface area contributed by atoms with Gasteiger partial charge in [-0.05, 0) is 81.3 Å². The van der Waals surface area contributed by atoms with E-state index >= 15 is 0 Å². The van der Waals surface area contributed by atoms with Gasteiger partial charge in [0.25, 0.3) is 5.91 Å². The molecule has 3 aliphatic rings. The van der Waals surface area contributed by atoms with Gasteiger partial charge in [0.1, 0.15) is 23.1 Å². The Morgan fingerprint density at radius 1 is 0.974 bits per heavy atom. The van der Waals surface area contributed by atoms with E-state index in [9.17, 15) is 9.59 Å². The third-order valence-electron chi connectivity index (χ3n) is 8.19. The van der Waals surface area contributed by atoms with Crippen molar-refractivity contribution in [3.8, 4) is 17.3 Å². The molecule has 10 heteroatoms. The van der Waals surface area contributed by atoms with Crippen LogP contribution in [0.5, 0.6) is 5.75 Å². The Hall–Kier alpha value is -3.95. The van der Waals surface area contributed by atoms with E-state index < -0.39 is 0 Å². The van der Waals surface area contributed by atoms with Crippen molar-refractivity contribution in [3.05, 3.63) is 52.8 Å². The van der Waals surface area contributed by atoms with Crippen LogP contribution in [0.1, 0.15) is 66.8 Å². The number of nitrogens with zero attached hydrogens (tertiary/aromatic N) is 6. The largest absolute Gasteiger partial charge is 0.496 e. The highest BCUT2D eigenvalue weighted by Crippen LogP contribution is 2.35. The van der Waals surface area contributed by atoms with Gasteiger partial charge in [-0.25, -0.2) is 9.78 Å². The number of aromatic nitrogens is 4. The van der Waals surface area contributed by atoms with Crippen molar-refractivity contribution in [1.29, 1.82) is 0 Å². The van der Waals surface area contributed by atoms with Crippen LogP contribution in [0.25, 0.3) is 11.5 Å². The molecule has 2 aromatic heterocycles. The van der Waals surface area contributed by atoms with Gasteiger partial charge in [0.2, 0.25) is 0 Å². The number of carbonyl (C=O) groups excluding carboxylic acids is 2. The summed E-state index contributed by atoms with van der Waals surface area (Å²) in [6, 6.07) is 9.38. The van der Waals surface area contributed by atoms with Crippen molar-refractivity contribution in [1.82, 2.24) is 29.5 Å². The lowest BCUT2D eigenvalue weighted by Gasteiger charge is -2.36. The maximum atomic E-state index is 13.5. The molecular formula is C29H35N7O3. The van der Waals surface area contributed by atoms with E-state index in [-0.39, 0.29) is 17.5 Å². The fourth-order valence-electron chi connectivity index (χ4n) is 6.00. The quantitative estimate of drug-likeness (QED) is 0.542. The number of hydrogen-bond donors (Lipinski definition) is 1. The molecule has 0 bridgehead atoms. The van der Waals surface area contributed by atoms with Crippen molar-refractivity contribution in [3.63, 3.8) is 0 Å². The molecule has 1 fully saturated rings. The van der Waals surface area contributed by atoms with Crippen LogP contribution in [0.15, 0.2) is 30.3 Å². The predicted octanol–water partition coefficient (Wildman–Crippen LogP) is 4.25. The van der Waals surface area contributed by atoms with Crippen LogP contribution in [0, 0.1) is 0 Å². The zero-order valence-corrected chi connectivity index (χ0v) is 22.9. The number of rotatable bonds is 4. The summed E-state index contributed by atoms with van der Waals surface area (Å²) in [6.07, 6.45) is 5.92. The highest BCUT2D eigenvalue weighted by molar-refractivity contribution is 6.06. The van der Waals surface area contributed by atoms with Crippen molar-refractivity contribution >= 4 is 17.8 Å². The summed E-state index contributed by atoms with van der Waals surface area (Å²) in [4.78, 5) is 35.1. The number of carbonyl (C=O) groups is 2. The molecule has 0 radical (unpaired) electrons. The van der Waals surface area contributed by atoms with Gasteiger partial charge in [-0.2, -0.15) is 0 Å². The number of methoxy groups -OCH3 is 1. The molecule has 1 N–H and O–H groups in total. The standard InChI is InChI=1S/C29H35N7O3/c1-29(2)12-10-25-32-33-26(36(25)29)22-8-7-9-24(30-22)31-27(37)21-16-20-18-35(15-11-19(20)17-23(21)39-3)28(38)34-13-5-4-6-14-34/h7-9,16-17H,4-6,10-15,18H2,1-3H3,(H,30,31,37). The van der Waals surface area contributed by atoms with Crippen molar-refractivity contribution in [2.75, 3.05) is 32.1 Å². The molecule has 3 amide bonds. The monoisotopic (exact) mass is 529 g/mol. The van der Waals surface area contributed by atoms with Gasteiger partial charge in [0.05, 0.1) is 12.7 Å². The number of anilines is 1. The summed E-state index contributed by atoms with van der Waals surface area (Å²) in [5, 5.41) is 11.7. The van der Waals surface area contributed by atoms with Gasteiger partial charge in [-0.15, -0.1) is 10.2 Å². The molecule has 3 aromatic rings. The third-order valence-corrected chi connectivity index (χ3v) is 8.19. The average Bonchev–Trinajstić information content (AvgIpc) is 3.53. The van der Waals surface area contributed by atoms with Gasteiger partial charge < -0.3 is 24.4 Å². The second-order valence-electron chi connectivity index (χ2n) is 11.3. The lowest BCUT2D eigenvalue weighted by Crippen LogP contribution is -2.47. The minimum absolute atomic E-state index is 0.0884. The number of ether oxygens (including phenoxy) is 1. The molecule has 1 aromatic carbocycles. The maximum absolute atomic E-state index is 13.5. The molecule has 39 heavy (non-hydrogen) atoms. The summed E-state index contributed by atoms with van der Waals surface area (Å²) in [7, 11) is 1.57. The summed E-state index contributed by atoms with van der Waals surface area (Å²) in [5.41, 5.74) is 3.07. The number of piperidine rings is 1. The zero-order valence-electron chi connectivity index (χ0n) is 22.9. The van der Waals surface area contributed by atoms with Crippen molar-refractivity contribution < 1.29 is 14.3 Å². The first-order chi connectivity index (χ1) is 18.8. The summed E-state index contributed by atoms with van der Waals surface area (Å²) in [5.74, 6) is 2.28. The first-order valence-electron chi connectivity index (χ1n) is 13.8. The minimum atomic E-state index is -0.314. The smallest absolute Gasteiger partial charge is 0.320 e. The Morgan fingerprint density at radius 2 is 1.79 bits per heavy atom. The predicted molar refractivity (Wildman–Crippen MR) is 147 cm³/mol. The minimum Gasteiger partial charge on any atom is -0.496 e. The van der Waals surface area contributed by atoms with Crippen LogP contribution >= 0.6 is 0 Å². The number of pyridine rings is 1. The molecule has 0 unspecified atom stereocenters. The lowest BCUT2D eigenvalue weighted by atomic mass is 9.96.